The smallest absolute Gasteiger partial charge is 0.264 e. The molecule has 0 aromatic heterocycles. The molecule has 0 radical (unpaired) electrons. The molecule has 0 aliphatic heterocycles. The first-order valence-corrected chi connectivity index (χ1v) is 14.7. The van der Waals surface area contributed by atoms with Gasteiger partial charge in [0, 0.05) is 12.6 Å². The van der Waals surface area contributed by atoms with Crippen LogP contribution in [0.25, 0.3) is 0 Å². The van der Waals surface area contributed by atoms with E-state index in [9.17, 15) is 22.4 Å². The molecule has 214 valence electrons. The van der Waals surface area contributed by atoms with Gasteiger partial charge in [-0.1, -0.05) is 37.3 Å². The molecule has 0 bridgehead atoms. The number of anilines is 1. The summed E-state index contributed by atoms with van der Waals surface area (Å²) in [6.07, 6.45) is 0.700. The normalized spacial score (nSPS) is 12.7. The largest absolute Gasteiger partial charge is 0.494 e. The van der Waals surface area contributed by atoms with Crippen LogP contribution in [-0.4, -0.2) is 50.4 Å². The molecule has 3 aromatic carbocycles. The summed E-state index contributed by atoms with van der Waals surface area (Å²) in [6.45, 7) is 7.08. The fourth-order valence-electron chi connectivity index (χ4n) is 3.96. The number of halogens is 1. The standard InChI is InChI=1S/C30H36FN3O5S/c1-5-22(3)32-30(36)23(4)33(20-24-12-14-25(31)15-13-24)29(35)21-34(26-16-18-27(19-17-26)39-6-2)40(37,38)28-10-8-7-9-11-28/h7-19,22-23H,5-6,20-21H2,1-4H3,(H,32,36)/t22-,23-/m1/s1. The molecular formula is C30H36FN3O5S. The molecule has 40 heavy (non-hydrogen) atoms. The molecule has 0 aliphatic rings. The van der Waals surface area contributed by atoms with Gasteiger partial charge >= 0.3 is 0 Å². The van der Waals surface area contributed by atoms with Crippen molar-refractivity contribution < 1.29 is 27.1 Å². The highest BCUT2D eigenvalue weighted by Crippen LogP contribution is 2.26. The van der Waals surface area contributed by atoms with Gasteiger partial charge in [-0.25, -0.2) is 12.8 Å². The number of carbonyl (C=O) groups is 2. The van der Waals surface area contributed by atoms with Gasteiger partial charge in [0.25, 0.3) is 10.0 Å². The molecule has 3 aromatic rings. The quantitative estimate of drug-likeness (QED) is 0.321. The summed E-state index contributed by atoms with van der Waals surface area (Å²) in [5.41, 5.74) is 0.857. The first kappa shape index (κ1) is 30.6. The number of nitrogens with zero attached hydrogens (tertiary/aromatic N) is 2. The Bertz CT molecular complexity index is 1370. The fraction of sp³-hybridized carbons (Fsp3) is 0.333. The van der Waals surface area contributed by atoms with E-state index < -0.39 is 34.3 Å². The molecule has 8 nitrogen and oxygen atoms in total. The second kappa shape index (κ2) is 13.9. The van der Waals surface area contributed by atoms with E-state index in [4.69, 9.17) is 4.74 Å². The van der Waals surface area contributed by atoms with Crippen molar-refractivity contribution in [3.63, 3.8) is 0 Å². The summed E-state index contributed by atoms with van der Waals surface area (Å²) >= 11 is 0. The topological polar surface area (TPSA) is 96.0 Å². The average Bonchev–Trinajstić information content (AvgIpc) is 2.96. The molecule has 0 fully saturated rings. The SMILES string of the molecule is CCOc1ccc(N(CC(=O)N(Cc2ccc(F)cc2)[C@H](C)C(=O)N[C@H](C)CC)S(=O)(=O)c2ccccc2)cc1. The van der Waals surface area contributed by atoms with Crippen LogP contribution in [0.4, 0.5) is 10.1 Å². The lowest BCUT2D eigenvalue weighted by Crippen LogP contribution is -2.52. The number of benzene rings is 3. The second-order valence-corrected chi connectivity index (χ2v) is 11.3. The van der Waals surface area contributed by atoms with Crippen molar-refractivity contribution in [1.29, 1.82) is 0 Å². The molecule has 0 saturated heterocycles. The Labute approximate surface area is 235 Å². The van der Waals surface area contributed by atoms with Crippen molar-refractivity contribution in [2.75, 3.05) is 17.5 Å². The number of amides is 2. The van der Waals surface area contributed by atoms with E-state index in [-0.39, 0.29) is 29.1 Å². The van der Waals surface area contributed by atoms with E-state index in [0.717, 1.165) is 4.31 Å². The molecule has 0 saturated carbocycles. The summed E-state index contributed by atoms with van der Waals surface area (Å²) in [5.74, 6) is -0.837. The third-order valence-corrected chi connectivity index (χ3v) is 8.27. The van der Waals surface area contributed by atoms with E-state index in [1.54, 1.807) is 49.4 Å². The Morgan fingerprint density at radius 3 is 2.12 bits per heavy atom. The third kappa shape index (κ3) is 7.81. The number of carbonyl (C=O) groups excluding carboxylic acids is 2. The van der Waals surface area contributed by atoms with Gasteiger partial charge in [0.1, 0.15) is 24.2 Å². The number of hydrogen-bond acceptors (Lipinski definition) is 5. The Balaban J connectivity index is 2.01. The second-order valence-electron chi connectivity index (χ2n) is 9.39. The van der Waals surface area contributed by atoms with Gasteiger partial charge in [-0.3, -0.25) is 13.9 Å². The highest BCUT2D eigenvalue weighted by Gasteiger charge is 2.32. The van der Waals surface area contributed by atoms with E-state index in [2.05, 4.69) is 5.32 Å². The maximum absolute atomic E-state index is 13.9. The summed E-state index contributed by atoms with van der Waals surface area (Å²) in [7, 11) is -4.16. The van der Waals surface area contributed by atoms with Crippen molar-refractivity contribution >= 4 is 27.5 Å². The molecule has 2 atom stereocenters. The minimum atomic E-state index is -4.16. The Kier molecular flexibility index (Phi) is 10.7. The van der Waals surface area contributed by atoms with E-state index in [1.165, 1.54) is 41.3 Å². The maximum Gasteiger partial charge on any atom is 0.264 e. The lowest BCUT2D eigenvalue weighted by Gasteiger charge is -2.32. The van der Waals surface area contributed by atoms with Crippen LogP contribution in [0.15, 0.2) is 83.8 Å². The van der Waals surface area contributed by atoms with Gasteiger partial charge in [-0.15, -0.1) is 0 Å². The van der Waals surface area contributed by atoms with E-state index in [1.807, 2.05) is 20.8 Å². The monoisotopic (exact) mass is 569 g/mol. The van der Waals surface area contributed by atoms with Crippen LogP contribution in [0.3, 0.4) is 0 Å². The van der Waals surface area contributed by atoms with Crippen LogP contribution >= 0.6 is 0 Å². The number of hydrogen-bond donors (Lipinski definition) is 1. The van der Waals surface area contributed by atoms with E-state index in [0.29, 0.717) is 24.3 Å². The number of nitrogens with one attached hydrogen (secondary N) is 1. The van der Waals surface area contributed by atoms with Crippen molar-refractivity contribution in [2.45, 2.75) is 57.6 Å². The maximum atomic E-state index is 13.9. The van der Waals surface area contributed by atoms with Gasteiger partial charge in [-0.05, 0) is 81.3 Å². The molecule has 1 N–H and O–H groups in total. The van der Waals surface area contributed by atoms with Crippen LogP contribution in [0.1, 0.15) is 39.7 Å². The Morgan fingerprint density at radius 1 is 0.925 bits per heavy atom. The lowest BCUT2D eigenvalue weighted by molar-refractivity contribution is -0.139. The minimum Gasteiger partial charge on any atom is -0.494 e. The highest BCUT2D eigenvalue weighted by atomic mass is 32.2. The number of sulfonamides is 1. The van der Waals surface area contributed by atoms with Crippen LogP contribution in [0.5, 0.6) is 5.75 Å². The highest BCUT2D eigenvalue weighted by molar-refractivity contribution is 7.92. The van der Waals surface area contributed by atoms with Crippen molar-refractivity contribution in [1.82, 2.24) is 10.2 Å². The molecule has 0 aliphatic carbocycles. The third-order valence-electron chi connectivity index (χ3n) is 6.48. The van der Waals surface area contributed by atoms with Gasteiger partial charge in [-0.2, -0.15) is 0 Å². The number of rotatable bonds is 13. The predicted octanol–water partition coefficient (Wildman–Crippen LogP) is 4.75. The lowest BCUT2D eigenvalue weighted by atomic mass is 10.1. The number of ether oxygens (including phenoxy) is 1. The molecule has 0 spiro atoms. The molecular weight excluding hydrogens is 533 g/mol. The predicted molar refractivity (Wildman–Crippen MR) is 153 cm³/mol. The zero-order valence-corrected chi connectivity index (χ0v) is 24.0. The Hall–Kier alpha value is -3.92. The first-order chi connectivity index (χ1) is 19.1. The molecule has 2 amide bonds. The van der Waals surface area contributed by atoms with Gasteiger partial charge in [0.15, 0.2) is 0 Å². The van der Waals surface area contributed by atoms with Crippen molar-refractivity contribution in [2.24, 2.45) is 0 Å². The zero-order chi connectivity index (χ0) is 29.3. The van der Waals surface area contributed by atoms with Crippen LogP contribution in [0, 0.1) is 5.82 Å². The minimum absolute atomic E-state index is 0.0172. The summed E-state index contributed by atoms with van der Waals surface area (Å²) in [6, 6.07) is 18.8. The van der Waals surface area contributed by atoms with Crippen LogP contribution in [-0.2, 0) is 26.2 Å². The van der Waals surface area contributed by atoms with Crippen molar-refractivity contribution in [3.8, 4) is 5.75 Å². The van der Waals surface area contributed by atoms with Crippen LogP contribution in [0.2, 0.25) is 0 Å². The van der Waals surface area contributed by atoms with Gasteiger partial charge < -0.3 is 15.0 Å². The van der Waals surface area contributed by atoms with Gasteiger partial charge in [0.2, 0.25) is 11.8 Å². The van der Waals surface area contributed by atoms with E-state index >= 15 is 0 Å². The zero-order valence-electron chi connectivity index (χ0n) is 23.2. The molecule has 10 heteroatoms. The summed E-state index contributed by atoms with van der Waals surface area (Å²) in [4.78, 5) is 28.3. The molecule has 0 unspecified atom stereocenters. The van der Waals surface area contributed by atoms with Gasteiger partial charge in [0.05, 0.1) is 17.2 Å². The average molecular weight is 570 g/mol. The summed E-state index contributed by atoms with van der Waals surface area (Å²) in [5, 5.41) is 2.88. The molecule has 0 heterocycles. The molecule has 3 rings (SSSR count). The fourth-order valence-corrected chi connectivity index (χ4v) is 5.39. The van der Waals surface area contributed by atoms with Crippen molar-refractivity contribution in [3.05, 3.63) is 90.2 Å². The Morgan fingerprint density at radius 2 is 1.55 bits per heavy atom. The van der Waals surface area contributed by atoms with Crippen LogP contribution < -0.4 is 14.4 Å². The first-order valence-electron chi connectivity index (χ1n) is 13.2. The summed E-state index contributed by atoms with van der Waals surface area (Å²) < 4.78 is 47.6.